The maximum Gasteiger partial charge on any atom is 0.0824 e. The number of aromatic nitrogens is 2. The molecule has 0 saturated heterocycles. The van der Waals surface area contributed by atoms with Crippen molar-refractivity contribution in [1.82, 2.24) is 9.78 Å². The third kappa shape index (κ3) is 2.03. The van der Waals surface area contributed by atoms with E-state index in [0.29, 0.717) is 0 Å². The number of hydrogen-bond donors (Lipinski definition) is 1. The minimum Gasteiger partial charge on any atom is -0.381 e. The fourth-order valence-corrected chi connectivity index (χ4v) is 1.04. The first-order valence-electron chi connectivity index (χ1n) is 3.91. The van der Waals surface area contributed by atoms with Crippen LogP contribution in [0.3, 0.4) is 0 Å². The topological polar surface area (TPSA) is 29.9 Å². The van der Waals surface area contributed by atoms with Crippen LogP contribution in [0.2, 0.25) is 0 Å². The summed E-state index contributed by atoms with van der Waals surface area (Å²) in [4.78, 5) is 0. The van der Waals surface area contributed by atoms with Crippen molar-refractivity contribution in [2.45, 2.75) is 13.3 Å². The minimum atomic E-state index is 0.744. The number of nitrogens with one attached hydrogen (secondary N) is 1. The molecule has 0 aromatic carbocycles. The summed E-state index contributed by atoms with van der Waals surface area (Å²) in [6.45, 7) is 2.78. The molecule has 0 saturated carbocycles. The van der Waals surface area contributed by atoms with Crippen molar-refractivity contribution in [2.75, 3.05) is 11.9 Å². The first-order chi connectivity index (χ1) is 5.74. The molecule has 1 rings (SSSR count). The molecule has 1 heterocycles. The molecule has 64 valence electrons. The lowest BCUT2D eigenvalue weighted by molar-refractivity contribution is 0.756. The van der Waals surface area contributed by atoms with Gasteiger partial charge in [-0.1, -0.05) is 0 Å². The van der Waals surface area contributed by atoms with Crippen molar-refractivity contribution < 1.29 is 0 Å². The van der Waals surface area contributed by atoms with Crippen molar-refractivity contribution in [3.8, 4) is 12.3 Å². The van der Waals surface area contributed by atoms with Gasteiger partial charge in [-0.15, -0.1) is 12.3 Å². The Bertz CT molecular complexity index is 293. The van der Waals surface area contributed by atoms with Gasteiger partial charge < -0.3 is 5.32 Å². The van der Waals surface area contributed by atoms with E-state index in [1.807, 2.05) is 20.2 Å². The fraction of sp³-hybridized carbons (Fsp3) is 0.444. The fourth-order valence-electron chi connectivity index (χ4n) is 1.04. The van der Waals surface area contributed by atoms with Gasteiger partial charge in [-0.3, -0.25) is 4.68 Å². The van der Waals surface area contributed by atoms with Gasteiger partial charge in [-0.25, -0.2) is 0 Å². The quantitative estimate of drug-likeness (QED) is 0.535. The molecular weight excluding hydrogens is 150 g/mol. The van der Waals surface area contributed by atoms with E-state index >= 15 is 0 Å². The van der Waals surface area contributed by atoms with Gasteiger partial charge in [0.25, 0.3) is 0 Å². The molecule has 0 bridgehead atoms. The summed E-state index contributed by atoms with van der Waals surface area (Å²) in [6.07, 6.45) is 7.82. The molecule has 0 spiro atoms. The smallest absolute Gasteiger partial charge is 0.0824 e. The monoisotopic (exact) mass is 163 g/mol. The standard InChI is InChI=1S/C9H13N3/c1-4-5-6-10-9-7-12(3)11-8(9)2/h1,7,10H,5-6H2,2-3H3. The van der Waals surface area contributed by atoms with E-state index in [2.05, 4.69) is 16.3 Å². The lowest BCUT2D eigenvalue weighted by Crippen LogP contribution is -2.00. The predicted molar refractivity (Wildman–Crippen MR) is 49.9 cm³/mol. The summed E-state index contributed by atoms with van der Waals surface area (Å²) in [7, 11) is 1.90. The van der Waals surface area contributed by atoms with Crippen LogP contribution in [0.25, 0.3) is 0 Å². The third-order valence-corrected chi connectivity index (χ3v) is 1.60. The summed E-state index contributed by atoms with van der Waals surface area (Å²) in [5, 5.41) is 7.40. The van der Waals surface area contributed by atoms with Crippen LogP contribution >= 0.6 is 0 Å². The van der Waals surface area contributed by atoms with Gasteiger partial charge in [-0.2, -0.15) is 5.10 Å². The molecule has 3 nitrogen and oxygen atoms in total. The zero-order valence-electron chi connectivity index (χ0n) is 7.46. The van der Waals surface area contributed by atoms with Crippen molar-refractivity contribution in [1.29, 1.82) is 0 Å². The largest absolute Gasteiger partial charge is 0.381 e. The second-order valence-corrected chi connectivity index (χ2v) is 2.68. The molecule has 0 fully saturated rings. The van der Waals surface area contributed by atoms with Crippen LogP contribution in [0, 0.1) is 19.3 Å². The van der Waals surface area contributed by atoms with Crippen molar-refractivity contribution in [2.24, 2.45) is 7.05 Å². The first-order valence-corrected chi connectivity index (χ1v) is 3.91. The van der Waals surface area contributed by atoms with Crippen LogP contribution < -0.4 is 5.32 Å². The number of rotatable bonds is 3. The van der Waals surface area contributed by atoms with Crippen LogP contribution in [0.15, 0.2) is 6.20 Å². The SMILES string of the molecule is C#CCCNc1cn(C)nc1C. The van der Waals surface area contributed by atoms with E-state index in [4.69, 9.17) is 6.42 Å². The molecular formula is C9H13N3. The molecule has 0 aliphatic rings. The van der Waals surface area contributed by atoms with E-state index < -0.39 is 0 Å². The zero-order valence-corrected chi connectivity index (χ0v) is 7.46. The predicted octanol–water partition coefficient (Wildman–Crippen LogP) is 1.16. The molecule has 12 heavy (non-hydrogen) atoms. The number of nitrogens with zero attached hydrogens (tertiary/aromatic N) is 2. The Morgan fingerprint density at radius 1 is 1.75 bits per heavy atom. The highest BCUT2D eigenvalue weighted by atomic mass is 15.3. The normalized spacial score (nSPS) is 9.42. The summed E-state index contributed by atoms with van der Waals surface area (Å²) in [5.41, 5.74) is 2.07. The number of hydrogen-bond acceptors (Lipinski definition) is 2. The number of anilines is 1. The Kier molecular flexibility index (Phi) is 2.76. The number of aryl methyl sites for hydroxylation is 2. The second kappa shape index (κ2) is 3.82. The summed E-state index contributed by atoms with van der Waals surface area (Å²) >= 11 is 0. The van der Waals surface area contributed by atoms with Crippen molar-refractivity contribution >= 4 is 5.69 Å². The second-order valence-electron chi connectivity index (χ2n) is 2.68. The Morgan fingerprint density at radius 3 is 3.00 bits per heavy atom. The highest BCUT2D eigenvalue weighted by molar-refractivity contribution is 5.45. The van der Waals surface area contributed by atoms with Gasteiger partial charge >= 0.3 is 0 Å². The average molecular weight is 163 g/mol. The van der Waals surface area contributed by atoms with Crippen molar-refractivity contribution in [3.63, 3.8) is 0 Å². The van der Waals surface area contributed by atoms with E-state index in [9.17, 15) is 0 Å². The highest BCUT2D eigenvalue weighted by Gasteiger charge is 1.99. The average Bonchev–Trinajstić information content (AvgIpc) is 2.31. The van der Waals surface area contributed by atoms with Gasteiger partial charge in [0, 0.05) is 26.2 Å². The van der Waals surface area contributed by atoms with E-state index in [1.165, 1.54) is 0 Å². The van der Waals surface area contributed by atoms with Gasteiger partial charge in [0.2, 0.25) is 0 Å². The molecule has 0 radical (unpaired) electrons. The molecule has 1 aromatic heterocycles. The van der Waals surface area contributed by atoms with Gasteiger partial charge in [0.1, 0.15) is 0 Å². The van der Waals surface area contributed by atoms with E-state index in [0.717, 1.165) is 24.3 Å². The molecule has 1 aromatic rings. The lowest BCUT2D eigenvalue weighted by atomic mass is 10.4. The van der Waals surface area contributed by atoms with Crippen LogP contribution in [0.5, 0.6) is 0 Å². The molecule has 3 heteroatoms. The van der Waals surface area contributed by atoms with E-state index in [1.54, 1.807) is 4.68 Å². The maximum atomic E-state index is 5.13. The van der Waals surface area contributed by atoms with Crippen LogP contribution in [0.4, 0.5) is 5.69 Å². The number of terminal acetylenes is 1. The Balaban J connectivity index is 2.52. The minimum absolute atomic E-state index is 0.744. The molecule has 0 aliphatic heterocycles. The van der Waals surface area contributed by atoms with Crippen LogP contribution in [-0.4, -0.2) is 16.3 Å². The van der Waals surface area contributed by atoms with Gasteiger partial charge in [0.05, 0.1) is 11.4 Å². The third-order valence-electron chi connectivity index (χ3n) is 1.60. The van der Waals surface area contributed by atoms with Gasteiger partial charge in [-0.05, 0) is 6.92 Å². The first kappa shape index (κ1) is 8.66. The highest BCUT2D eigenvalue weighted by Crippen LogP contribution is 2.10. The molecule has 0 aliphatic carbocycles. The Morgan fingerprint density at radius 2 is 2.50 bits per heavy atom. The van der Waals surface area contributed by atoms with Crippen molar-refractivity contribution in [3.05, 3.63) is 11.9 Å². The summed E-state index contributed by atoms with van der Waals surface area (Å²) < 4.78 is 1.79. The summed E-state index contributed by atoms with van der Waals surface area (Å²) in [5.74, 6) is 2.57. The Labute approximate surface area is 72.8 Å². The molecule has 0 unspecified atom stereocenters. The van der Waals surface area contributed by atoms with Crippen LogP contribution in [0.1, 0.15) is 12.1 Å². The van der Waals surface area contributed by atoms with E-state index in [-0.39, 0.29) is 0 Å². The zero-order chi connectivity index (χ0) is 8.97. The molecule has 0 atom stereocenters. The molecule has 0 amide bonds. The summed E-state index contributed by atoms with van der Waals surface area (Å²) in [6, 6.07) is 0. The van der Waals surface area contributed by atoms with Crippen LogP contribution in [-0.2, 0) is 7.05 Å². The van der Waals surface area contributed by atoms with Gasteiger partial charge in [0.15, 0.2) is 0 Å². The Hall–Kier alpha value is -1.43. The molecule has 1 N–H and O–H groups in total. The lowest BCUT2D eigenvalue weighted by Gasteiger charge is -1.99. The maximum absolute atomic E-state index is 5.13.